The van der Waals surface area contributed by atoms with E-state index in [1.807, 2.05) is 0 Å². The van der Waals surface area contributed by atoms with Gasteiger partial charge in [0.2, 0.25) is 0 Å². The first-order chi connectivity index (χ1) is 12.1. The smallest absolute Gasteiger partial charge is 0.256 e. The van der Waals surface area contributed by atoms with Gasteiger partial charge in [-0.2, -0.15) is 0 Å². The molecule has 0 saturated heterocycles. The van der Waals surface area contributed by atoms with Gasteiger partial charge in [-0.25, -0.2) is 16.8 Å². The zero-order valence-corrected chi connectivity index (χ0v) is 16.2. The van der Waals surface area contributed by atoms with Crippen molar-refractivity contribution in [3.05, 3.63) is 59.7 Å². The van der Waals surface area contributed by atoms with Crippen molar-refractivity contribution < 1.29 is 21.9 Å². The highest BCUT2D eigenvalue weighted by Crippen LogP contribution is 2.25. The molecule has 0 radical (unpaired) electrons. The fourth-order valence-electron chi connectivity index (χ4n) is 2.23. The Bertz CT molecular complexity index is 878. The van der Waals surface area contributed by atoms with Crippen LogP contribution in [0.1, 0.15) is 11.1 Å². The van der Waals surface area contributed by atoms with Gasteiger partial charge in [0.1, 0.15) is 0 Å². The summed E-state index contributed by atoms with van der Waals surface area (Å²) in [4.78, 5) is -0.326. The first-order valence-electron chi connectivity index (χ1n) is 7.87. The minimum atomic E-state index is -4.38. The van der Waals surface area contributed by atoms with E-state index in [9.17, 15) is 21.9 Å². The van der Waals surface area contributed by atoms with E-state index in [1.54, 1.807) is 38.1 Å². The minimum Gasteiger partial charge on any atom is -0.395 e. The Labute approximate surface area is 154 Å². The number of rotatable bonds is 7. The zero-order valence-electron chi connectivity index (χ0n) is 14.5. The Morgan fingerprint density at radius 2 is 1.19 bits per heavy atom. The van der Waals surface area contributed by atoms with Crippen LogP contribution in [-0.4, -0.2) is 44.8 Å². The molecule has 7 nitrogen and oxygen atoms in total. The van der Waals surface area contributed by atoms with Gasteiger partial charge >= 0.3 is 0 Å². The molecule has 0 saturated carbocycles. The third kappa shape index (κ3) is 4.30. The van der Waals surface area contributed by atoms with E-state index in [4.69, 9.17) is 5.73 Å². The summed E-state index contributed by atoms with van der Waals surface area (Å²) >= 11 is 0. The molecule has 0 amide bonds. The molecule has 2 rings (SSSR count). The molecule has 0 aromatic heterocycles. The number of aliphatic hydroxyl groups excluding tert-OH is 1. The molecule has 2 aromatic carbocycles. The monoisotopic (exact) mass is 398 g/mol. The highest BCUT2D eigenvalue weighted by molar-refractivity contribution is 8.04. The normalized spacial score (nSPS) is 13.7. The number of aryl methyl sites for hydroxylation is 2. The van der Waals surface area contributed by atoms with Gasteiger partial charge in [0, 0.05) is 12.6 Å². The zero-order chi connectivity index (χ0) is 19.5. The number of hydrogen-bond donors (Lipinski definition) is 2. The second-order valence-electron chi connectivity index (χ2n) is 6.03. The predicted molar refractivity (Wildman–Crippen MR) is 98.5 cm³/mol. The van der Waals surface area contributed by atoms with E-state index in [1.165, 1.54) is 24.3 Å². The van der Waals surface area contributed by atoms with Crippen molar-refractivity contribution in [2.45, 2.75) is 29.7 Å². The average molecular weight is 399 g/mol. The van der Waals surface area contributed by atoms with Crippen molar-refractivity contribution in [2.75, 3.05) is 13.2 Å². The Kier molecular flexibility index (Phi) is 6.20. The molecule has 0 fully saturated rings. The van der Waals surface area contributed by atoms with Gasteiger partial charge in [0.15, 0.2) is 0 Å². The number of nitrogens with two attached hydrogens (primary N) is 1. The standard InChI is InChI=1S/C17H22N2O5S2/c1-13-3-7-16(8-4-13)25(21,22)19(11-15(18)12-20)26(23,24)17-9-5-14(2)6-10-17/h3-10,15,20H,11-12,18H2,1-2H3. The highest BCUT2D eigenvalue weighted by atomic mass is 32.3. The molecule has 0 bridgehead atoms. The second-order valence-corrected chi connectivity index (χ2v) is 9.99. The Morgan fingerprint density at radius 1 is 0.846 bits per heavy atom. The van der Waals surface area contributed by atoms with Crippen molar-refractivity contribution in [3.8, 4) is 0 Å². The molecule has 142 valence electrons. The minimum absolute atomic E-state index is 0.163. The summed E-state index contributed by atoms with van der Waals surface area (Å²) in [5, 5.41) is 9.19. The highest BCUT2D eigenvalue weighted by Gasteiger charge is 2.37. The van der Waals surface area contributed by atoms with Crippen molar-refractivity contribution in [1.82, 2.24) is 3.71 Å². The van der Waals surface area contributed by atoms with Gasteiger partial charge in [-0.3, -0.25) is 0 Å². The lowest BCUT2D eigenvalue weighted by molar-refractivity contribution is 0.257. The summed E-state index contributed by atoms with van der Waals surface area (Å²) in [7, 11) is -8.77. The molecule has 1 unspecified atom stereocenters. The largest absolute Gasteiger partial charge is 0.395 e. The quantitative estimate of drug-likeness (QED) is 0.718. The maximum atomic E-state index is 13.0. The van der Waals surface area contributed by atoms with Crippen molar-refractivity contribution in [3.63, 3.8) is 0 Å². The Morgan fingerprint density at radius 3 is 1.50 bits per heavy atom. The van der Waals surface area contributed by atoms with Gasteiger partial charge in [-0.05, 0) is 38.1 Å². The van der Waals surface area contributed by atoms with Crippen LogP contribution in [0.15, 0.2) is 58.3 Å². The third-order valence-corrected chi connectivity index (χ3v) is 8.08. The lowest BCUT2D eigenvalue weighted by Gasteiger charge is -2.24. The number of sulfonamides is 2. The van der Waals surface area contributed by atoms with Crippen molar-refractivity contribution >= 4 is 20.0 Å². The Hall–Kier alpha value is -1.78. The molecule has 0 aliphatic rings. The maximum absolute atomic E-state index is 13.0. The van der Waals surface area contributed by atoms with Crippen LogP contribution in [0.5, 0.6) is 0 Å². The number of nitrogens with zero attached hydrogens (tertiary/aromatic N) is 1. The first kappa shape index (κ1) is 20.5. The molecule has 0 heterocycles. The second kappa shape index (κ2) is 7.85. The van der Waals surface area contributed by atoms with E-state index >= 15 is 0 Å². The van der Waals surface area contributed by atoms with E-state index < -0.39 is 39.2 Å². The van der Waals surface area contributed by atoms with Crippen molar-refractivity contribution in [1.29, 1.82) is 0 Å². The van der Waals surface area contributed by atoms with Crippen LogP contribution < -0.4 is 5.73 Å². The molecule has 3 N–H and O–H groups in total. The van der Waals surface area contributed by atoms with Crippen LogP contribution in [0.25, 0.3) is 0 Å². The summed E-state index contributed by atoms with van der Waals surface area (Å²) in [6.45, 7) is 2.46. The molecule has 2 aromatic rings. The molecule has 1 atom stereocenters. The van der Waals surface area contributed by atoms with Crippen LogP contribution >= 0.6 is 0 Å². The summed E-state index contributed by atoms with van der Waals surface area (Å²) in [6.07, 6.45) is 0. The van der Waals surface area contributed by atoms with Crippen LogP contribution in [0, 0.1) is 13.8 Å². The summed E-state index contributed by atoms with van der Waals surface area (Å²) in [5.74, 6) is 0. The fourth-order valence-corrected chi connectivity index (χ4v) is 5.99. The molecule has 9 heteroatoms. The van der Waals surface area contributed by atoms with Gasteiger partial charge in [-0.15, -0.1) is 0 Å². The van der Waals surface area contributed by atoms with Gasteiger partial charge in [0.05, 0.1) is 16.4 Å². The van der Waals surface area contributed by atoms with Crippen LogP contribution in [0.2, 0.25) is 0 Å². The molecular weight excluding hydrogens is 376 g/mol. The summed E-state index contributed by atoms with van der Waals surface area (Å²) < 4.78 is 52.3. The van der Waals surface area contributed by atoms with Crippen LogP contribution in [0.3, 0.4) is 0 Å². The number of hydrogen-bond acceptors (Lipinski definition) is 6. The topological polar surface area (TPSA) is 118 Å². The lowest BCUT2D eigenvalue weighted by Crippen LogP contribution is -2.45. The van der Waals surface area contributed by atoms with Gasteiger partial charge in [-0.1, -0.05) is 39.1 Å². The maximum Gasteiger partial charge on any atom is 0.256 e. The summed E-state index contributed by atoms with van der Waals surface area (Å²) in [6, 6.07) is 10.6. The third-order valence-electron chi connectivity index (χ3n) is 3.79. The van der Waals surface area contributed by atoms with E-state index in [0.29, 0.717) is 3.71 Å². The number of aliphatic hydroxyl groups is 1. The predicted octanol–water partition coefficient (Wildman–Crippen LogP) is 1.00. The van der Waals surface area contributed by atoms with Crippen LogP contribution in [-0.2, 0) is 20.0 Å². The Balaban J connectivity index is 2.59. The van der Waals surface area contributed by atoms with Crippen molar-refractivity contribution in [2.24, 2.45) is 5.73 Å². The molecule has 26 heavy (non-hydrogen) atoms. The SMILES string of the molecule is Cc1ccc(S(=O)(=O)N(CC(N)CO)S(=O)(=O)c2ccc(C)cc2)cc1. The molecule has 0 aliphatic heterocycles. The number of benzene rings is 2. The molecule has 0 spiro atoms. The fraction of sp³-hybridized carbons (Fsp3) is 0.294. The summed E-state index contributed by atoms with van der Waals surface area (Å²) in [5.41, 5.74) is 7.33. The average Bonchev–Trinajstić information content (AvgIpc) is 2.59. The van der Waals surface area contributed by atoms with E-state index in [-0.39, 0.29) is 9.79 Å². The van der Waals surface area contributed by atoms with Gasteiger partial charge in [0.25, 0.3) is 20.0 Å². The van der Waals surface area contributed by atoms with E-state index in [0.717, 1.165) is 11.1 Å². The van der Waals surface area contributed by atoms with E-state index in [2.05, 4.69) is 0 Å². The van der Waals surface area contributed by atoms with Gasteiger partial charge < -0.3 is 10.8 Å². The first-order valence-corrected chi connectivity index (χ1v) is 10.7. The molecular formula is C17H22N2O5S2. The van der Waals surface area contributed by atoms with Crippen LogP contribution in [0.4, 0.5) is 0 Å². The lowest BCUT2D eigenvalue weighted by atomic mass is 10.2. The molecule has 0 aliphatic carbocycles.